The fourth-order valence-corrected chi connectivity index (χ4v) is 4.77. The summed E-state index contributed by atoms with van der Waals surface area (Å²) in [5.74, 6) is 0.322. The van der Waals surface area contributed by atoms with Gasteiger partial charge in [0.1, 0.15) is 11.6 Å². The minimum Gasteiger partial charge on any atom is -0.332 e. The van der Waals surface area contributed by atoms with Crippen LogP contribution in [0.3, 0.4) is 0 Å². The van der Waals surface area contributed by atoms with Gasteiger partial charge in [0.2, 0.25) is 5.91 Å². The number of amides is 1. The zero-order valence-electron chi connectivity index (χ0n) is 18.3. The molecule has 1 aromatic carbocycles. The van der Waals surface area contributed by atoms with E-state index in [0.29, 0.717) is 49.6 Å². The second-order valence-electron chi connectivity index (χ2n) is 8.67. The van der Waals surface area contributed by atoms with Crippen molar-refractivity contribution in [2.45, 2.75) is 44.8 Å². The number of carbonyl (C=O) groups is 1. The molecule has 5 rings (SSSR count). The molecule has 4 heterocycles. The molecule has 2 aromatic heterocycles. The van der Waals surface area contributed by atoms with Crippen LogP contribution in [0.15, 0.2) is 53.5 Å². The summed E-state index contributed by atoms with van der Waals surface area (Å²) < 4.78 is 14.0. The first-order valence-electron chi connectivity index (χ1n) is 11.4. The Bertz CT molecular complexity index is 1210. The number of carbonyl (C=O) groups excluding carboxylic acids is 1. The van der Waals surface area contributed by atoms with E-state index in [1.165, 1.54) is 6.07 Å². The smallest absolute Gasteiger partial charge is 0.255 e. The summed E-state index contributed by atoms with van der Waals surface area (Å²) in [5, 5.41) is 0. The number of nitrogens with zero attached hydrogens (tertiary/aromatic N) is 4. The monoisotopic (exact) mass is 447 g/mol. The Morgan fingerprint density at radius 2 is 2.00 bits per heavy atom. The Balaban J connectivity index is 1.33. The maximum Gasteiger partial charge on any atom is 0.255 e. The summed E-state index contributed by atoms with van der Waals surface area (Å²) in [6.45, 7) is 2.22. The maximum atomic E-state index is 14.0. The van der Waals surface area contributed by atoms with Gasteiger partial charge >= 0.3 is 0 Å². The van der Waals surface area contributed by atoms with Crippen LogP contribution in [-0.2, 0) is 30.7 Å². The highest BCUT2D eigenvalue weighted by Crippen LogP contribution is 2.31. The number of fused-ring (bicyclic) bond motifs is 1. The number of pyridine rings is 1. The summed E-state index contributed by atoms with van der Waals surface area (Å²) in [7, 11) is 0. The minimum atomic E-state index is -0.234. The van der Waals surface area contributed by atoms with Crippen LogP contribution in [0.5, 0.6) is 0 Å². The summed E-state index contributed by atoms with van der Waals surface area (Å²) in [6.07, 6.45) is 4.18. The lowest BCUT2D eigenvalue weighted by atomic mass is 10.0. The third-order valence-electron chi connectivity index (χ3n) is 6.47. The second kappa shape index (κ2) is 9.23. The van der Waals surface area contributed by atoms with Crippen LogP contribution >= 0.6 is 0 Å². The molecule has 170 valence electrons. The van der Waals surface area contributed by atoms with E-state index in [9.17, 15) is 14.0 Å². The highest BCUT2D eigenvalue weighted by molar-refractivity contribution is 5.79. The van der Waals surface area contributed by atoms with Gasteiger partial charge in [0.05, 0.1) is 23.7 Å². The third-order valence-corrected chi connectivity index (χ3v) is 6.47. The van der Waals surface area contributed by atoms with Crippen molar-refractivity contribution in [3.63, 3.8) is 0 Å². The summed E-state index contributed by atoms with van der Waals surface area (Å²) >= 11 is 0. The molecule has 0 saturated carbocycles. The first-order chi connectivity index (χ1) is 16.1. The molecule has 1 N–H and O–H groups in total. The molecule has 0 unspecified atom stereocenters. The quantitative estimate of drug-likeness (QED) is 0.651. The molecular formula is C25H26FN5O2. The number of rotatable bonds is 5. The maximum absolute atomic E-state index is 14.0. The van der Waals surface area contributed by atoms with Gasteiger partial charge in [0.25, 0.3) is 5.56 Å². The van der Waals surface area contributed by atoms with E-state index in [4.69, 9.17) is 4.98 Å². The molecule has 7 nitrogen and oxygen atoms in total. The molecule has 3 aromatic rings. The number of benzene rings is 1. The van der Waals surface area contributed by atoms with E-state index >= 15 is 0 Å². The van der Waals surface area contributed by atoms with Crippen molar-refractivity contribution < 1.29 is 9.18 Å². The van der Waals surface area contributed by atoms with Gasteiger partial charge < -0.3 is 9.88 Å². The predicted molar refractivity (Wildman–Crippen MR) is 121 cm³/mol. The highest BCUT2D eigenvalue weighted by atomic mass is 19.1. The lowest BCUT2D eigenvalue weighted by Gasteiger charge is -2.29. The molecule has 0 radical (unpaired) electrons. The molecule has 1 saturated heterocycles. The number of nitrogens with one attached hydrogen (secondary N) is 1. The zero-order valence-corrected chi connectivity index (χ0v) is 18.3. The molecule has 33 heavy (non-hydrogen) atoms. The van der Waals surface area contributed by atoms with Crippen molar-refractivity contribution in [3.8, 4) is 0 Å². The normalized spacial score (nSPS) is 18.3. The van der Waals surface area contributed by atoms with E-state index in [0.717, 1.165) is 24.2 Å². The number of aromatic nitrogens is 3. The number of aromatic amines is 1. The number of halogens is 1. The molecule has 1 amide bonds. The van der Waals surface area contributed by atoms with Gasteiger partial charge in [-0.05, 0) is 31.0 Å². The molecule has 2 aliphatic rings. The van der Waals surface area contributed by atoms with Crippen molar-refractivity contribution in [2.75, 3.05) is 13.1 Å². The van der Waals surface area contributed by atoms with Crippen LogP contribution < -0.4 is 5.56 Å². The van der Waals surface area contributed by atoms with E-state index in [2.05, 4.69) is 14.9 Å². The van der Waals surface area contributed by atoms with Gasteiger partial charge in [0, 0.05) is 50.1 Å². The van der Waals surface area contributed by atoms with Crippen LogP contribution in [0, 0.1) is 5.82 Å². The average Bonchev–Trinajstić information content (AvgIpc) is 3.32. The fraction of sp³-hybridized carbons (Fsp3) is 0.360. The van der Waals surface area contributed by atoms with Gasteiger partial charge in [-0.2, -0.15) is 0 Å². The topological polar surface area (TPSA) is 82.2 Å². The van der Waals surface area contributed by atoms with Gasteiger partial charge in [-0.3, -0.25) is 19.5 Å². The van der Waals surface area contributed by atoms with E-state index in [1.54, 1.807) is 18.3 Å². The van der Waals surface area contributed by atoms with Crippen LogP contribution in [0.1, 0.15) is 47.2 Å². The Morgan fingerprint density at radius 1 is 1.15 bits per heavy atom. The lowest BCUT2D eigenvalue weighted by molar-refractivity contribution is -0.131. The van der Waals surface area contributed by atoms with Crippen molar-refractivity contribution in [1.29, 1.82) is 0 Å². The van der Waals surface area contributed by atoms with Crippen LogP contribution in [0.2, 0.25) is 0 Å². The predicted octanol–water partition coefficient (Wildman–Crippen LogP) is 2.77. The molecule has 1 fully saturated rings. The van der Waals surface area contributed by atoms with Gasteiger partial charge in [-0.15, -0.1) is 0 Å². The largest absolute Gasteiger partial charge is 0.332 e. The molecular weight excluding hydrogens is 421 g/mol. The van der Waals surface area contributed by atoms with Gasteiger partial charge in [-0.25, -0.2) is 9.37 Å². The fourth-order valence-electron chi connectivity index (χ4n) is 4.77. The van der Waals surface area contributed by atoms with Crippen LogP contribution in [-0.4, -0.2) is 43.7 Å². The van der Waals surface area contributed by atoms with Gasteiger partial charge in [0.15, 0.2) is 0 Å². The standard InChI is InChI=1S/C25H26FN5O2/c26-20-8-2-1-6-17(20)15-30-13-10-21-19(16-30)25(33)29-24(28-21)22-9-5-12-31(22)23(32)14-18-7-3-4-11-27-18/h1-4,6-8,11,22H,5,9-10,12-16H2,(H,28,29,33)/t22-/m0/s1. The Kier molecular flexibility index (Phi) is 6.00. The van der Waals surface area contributed by atoms with Crippen molar-refractivity contribution in [2.24, 2.45) is 0 Å². The van der Waals surface area contributed by atoms with Crippen molar-refractivity contribution >= 4 is 5.91 Å². The van der Waals surface area contributed by atoms with E-state index < -0.39 is 0 Å². The lowest BCUT2D eigenvalue weighted by Crippen LogP contribution is -2.38. The molecule has 2 aliphatic heterocycles. The summed E-state index contributed by atoms with van der Waals surface area (Å²) in [5.41, 5.74) is 2.59. The van der Waals surface area contributed by atoms with Crippen molar-refractivity contribution in [1.82, 2.24) is 24.8 Å². The Labute approximate surface area is 191 Å². The number of hydrogen-bond acceptors (Lipinski definition) is 5. The second-order valence-corrected chi connectivity index (χ2v) is 8.67. The third kappa shape index (κ3) is 4.57. The molecule has 0 aliphatic carbocycles. The highest BCUT2D eigenvalue weighted by Gasteiger charge is 2.33. The molecule has 0 spiro atoms. The molecule has 8 heteroatoms. The van der Waals surface area contributed by atoms with Crippen LogP contribution in [0.25, 0.3) is 0 Å². The molecule has 1 atom stereocenters. The molecule has 0 bridgehead atoms. The number of likely N-dealkylation sites (tertiary alicyclic amines) is 1. The number of hydrogen-bond donors (Lipinski definition) is 1. The minimum absolute atomic E-state index is 0.00682. The number of H-pyrrole nitrogens is 1. The van der Waals surface area contributed by atoms with Gasteiger partial charge in [-0.1, -0.05) is 24.3 Å². The zero-order chi connectivity index (χ0) is 22.8. The summed E-state index contributed by atoms with van der Waals surface area (Å²) in [6, 6.07) is 12.0. The first kappa shape index (κ1) is 21.5. The summed E-state index contributed by atoms with van der Waals surface area (Å²) in [4.78, 5) is 41.8. The van der Waals surface area contributed by atoms with Crippen molar-refractivity contribution in [3.05, 3.63) is 93.2 Å². The SMILES string of the molecule is O=C(Cc1ccccn1)N1CCC[C@H]1c1nc2c(c(=O)[nH]1)CN(Cc1ccccc1F)CC2. The van der Waals surface area contributed by atoms with Crippen LogP contribution in [0.4, 0.5) is 4.39 Å². The average molecular weight is 448 g/mol. The van der Waals surface area contributed by atoms with E-state index in [-0.39, 0.29) is 29.7 Å². The van der Waals surface area contributed by atoms with E-state index in [1.807, 2.05) is 29.2 Å². The Morgan fingerprint density at radius 3 is 2.82 bits per heavy atom. The first-order valence-corrected chi connectivity index (χ1v) is 11.4. The Hall–Kier alpha value is -3.39.